The second-order valence-electron chi connectivity index (χ2n) is 7.81. The summed E-state index contributed by atoms with van der Waals surface area (Å²) < 4.78 is 0. The Morgan fingerprint density at radius 1 is 1.04 bits per heavy atom. The molecule has 0 aliphatic heterocycles. The first-order valence-electron chi connectivity index (χ1n) is 10.0. The standard InChI is InChI=1S/C24H25ClN2O/c1-16(24(28)27-20-12-10-19(25)11-13-20)17-6-8-18(9-7-17)21-14-15-26-23-5-3-2-4-22(21)23/h2-5,10-18H,6-9H2,1H3,(H,27,28)/t16-,17-,18+/m0/s1. The number of benzene rings is 2. The second kappa shape index (κ2) is 8.32. The van der Waals surface area contributed by atoms with Crippen molar-refractivity contribution in [3.8, 4) is 0 Å². The van der Waals surface area contributed by atoms with Crippen LogP contribution in [0.3, 0.4) is 0 Å². The average molecular weight is 393 g/mol. The van der Waals surface area contributed by atoms with Crippen molar-refractivity contribution in [2.75, 3.05) is 5.32 Å². The van der Waals surface area contributed by atoms with E-state index in [2.05, 4.69) is 41.5 Å². The molecule has 0 radical (unpaired) electrons. The van der Waals surface area contributed by atoms with Gasteiger partial charge in [0.2, 0.25) is 5.91 Å². The van der Waals surface area contributed by atoms with Gasteiger partial charge in [0.25, 0.3) is 0 Å². The molecule has 1 fully saturated rings. The highest BCUT2D eigenvalue weighted by Gasteiger charge is 2.30. The first-order chi connectivity index (χ1) is 13.6. The van der Waals surface area contributed by atoms with Crippen molar-refractivity contribution in [1.82, 2.24) is 4.98 Å². The Morgan fingerprint density at radius 2 is 1.75 bits per heavy atom. The monoisotopic (exact) mass is 392 g/mol. The summed E-state index contributed by atoms with van der Waals surface area (Å²) >= 11 is 5.92. The lowest BCUT2D eigenvalue weighted by atomic mass is 9.73. The highest BCUT2D eigenvalue weighted by molar-refractivity contribution is 6.30. The Bertz CT molecular complexity index is 957. The summed E-state index contributed by atoms with van der Waals surface area (Å²) in [5.41, 5.74) is 3.28. The fourth-order valence-electron chi connectivity index (χ4n) is 4.41. The molecule has 3 nitrogen and oxygen atoms in total. The molecule has 4 rings (SSSR count). The molecule has 1 atom stereocenters. The Hall–Kier alpha value is -2.39. The SMILES string of the molecule is C[C@H](C(=O)Nc1ccc(Cl)cc1)[C@H]1CC[C@@H](c2ccnc3ccccc32)CC1. The molecule has 1 aliphatic rings. The summed E-state index contributed by atoms with van der Waals surface area (Å²) in [6, 6.07) is 17.8. The van der Waals surface area contributed by atoms with E-state index < -0.39 is 0 Å². The van der Waals surface area contributed by atoms with Crippen LogP contribution in [0.15, 0.2) is 60.8 Å². The lowest BCUT2D eigenvalue weighted by molar-refractivity contribution is -0.121. The van der Waals surface area contributed by atoms with Crippen LogP contribution in [-0.2, 0) is 4.79 Å². The van der Waals surface area contributed by atoms with Crippen molar-refractivity contribution in [3.05, 3.63) is 71.4 Å². The number of nitrogens with one attached hydrogen (secondary N) is 1. The molecule has 144 valence electrons. The van der Waals surface area contributed by atoms with Crippen LogP contribution in [0.5, 0.6) is 0 Å². The van der Waals surface area contributed by atoms with Gasteiger partial charge in [0.15, 0.2) is 0 Å². The minimum atomic E-state index is 0.00538. The highest BCUT2D eigenvalue weighted by Crippen LogP contribution is 2.40. The molecule has 0 saturated heterocycles. The molecule has 4 heteroatoms. The highest BCUT2D eigenvalue weighted by atomic mass is 35.5. The molecule has 1 aliphatic carbocycles. The second-order valence-corrected chi connectivity index (χ2v) is 8.25. The Morgan fingerprint density at radius 3 is 2.50 bits per heavy atom. The first kappa shape index (κ1) is 18.9. The summed E-state index contributed by atoms with van der Waals surface area (Å²) in [7, 11) is 0. The number of carbonyl (C=O) groups is 1. The number of hydrogen-bond acceptors (Lipinski definition) is 2. The van der Waals surface area contributed by atoms with Crippen LogP contribution in [-0.4, -0.2) is 10.9 Å². The van der Waals surface area contributed by atoms with Crippen LogP contribution < -0.4 is 5.32 Å². The zero-order valence-corrected chi connectivity index (χ0v) is 16.8. The van der Waals surface area contributed by atoms with Crippen LogP contribution in [0, 0.1) is 11.8 Å². The van der Waals surface area contributed by atoms with Crippen molar-refractivity contribution >= 4 is 34.1 Å². The van der Waals surface area contributed by atoms with Crippen LogP contribution >= 0.6 is 11.6 Å². The zero-order valence-electron chi connectivity index (χ0n) is 16.1. The summed E-state index contributed by atoms with van der Waals surface area (Å²) in [6.45, 7) is 2.05. The number of carbonyl (C=O) groups excluding carboxylic acids is 1. The van der Waals surface area contributed by atoms with E-state index in [1.165, 1.54) is 10.9 Å². The van der Waals surface area contributed by atoms with Gasteiger partial charge in [0.1, 0.15) is 0 Å². The summed E-state index contributed by atoms with van der Waals surface area (Å²) in [5.74, 6) is 1.08. The van der Waals surface area contributed by atoms with E-state index in [9.17, 15) is 4.79 Å². The molecular weight excluding hydrogens is 368 g/mol. The molecule has 2 aromatic carbocycles. The van der Waals surface area contributed by atoms with E-state index in [1.807, 2.05) is 24.4 Å². The summed E-state index contributed by atoms with van der Waals surface area (Å²) in [4.78, 5) is 17.2. The number of hydrogen-bond donors (Lipinski definition) is 1. The molecule has 1 aromatic heterocycles. The molecule has 1 N–H and O–H groups in total. The van der Waals surface area contributed by atoms with Crippen molar-refractivity contribution in [1.29, 1.82) is 0 Å². The number of aromatic nitrogens is 1. The first-order valence-corrected chi connectivity index (χ1v) is 10.4. The average Bonchev–Trinajstić information content (AvgIpc) is 2.74. The van der Waals surface area contributed by atoms with Gasteiger partial charge in [-0.3, -0.25) is 9.78 Å². The van der Waals surface area contributed by atoms with Crippen LogP contribution in [0.1, 0.15) is 44.1 Å². The number of rotatable bonds is 4. The molecular formula is C24H25ClN2O. The van der Waals surface area contributed by atoms with E-state index in [1.54, 1.807) is 12.1 Å². The topological polar surface area (TPSA) is 42.0 Å². The van der Waals surface area contributed by atoms with E-state index >= 15 is 0 Å². The van der Waals surface area contributed by atoms with Gasteiger partial charge in [-0.15, -0.1) is 0 Å². The molecule has 0 unspecified atom stereocenters. The number of fused-ring (bicyclic) bond motifs is 1. The number of halogens is 1. The molecule has 1 heterocycles. The largest absolute Gasteiger partial charge is 0.326 e. The molecule has 28 heavy (non-hydrogen) atoms. The third-order valence-electron chi connectivity index (χ3n) is 6.13. The van der Waals surface area contributed by atoms with Gasteiger partial charge in [0, 0.05) is 28.2 Å². The van der Waals surface area contributed by atoms with Gasteiger partial charge < -0.3 is 5.32 Å². The third-order valence-corrected chi connectivity index (χ3v) is 6.38. The lowest BCUT2D eigenvalue weighted by Crippen LogP contribution is -2.29. The molecule has 3 aromatic rings. The van der Waals surface area contributed by atoms with Gasteiger partial charge in [-0.25, -0.2) is 0 Å². The summed E-state index contributed by atoms with van der Waals surface area (Å²) in [5, 5.41) is 4.97. The Kier molecular flexibility index (Phi) is 5.63. The Balaban J connectivity index is 1.39. The lowest BCUT2D eigenvalue weighted by Gasteiger charge is -2.32. The molecule has 1 amide bonds. The predicted molar refractivity (Wildman–Crippen MR) is 116 cm³/mol. The smallest absolute Gasteiger partial charge is 0.227 e. The predicted octanol–water partition coefficient (Wildman–Crippen LogP) is 6.44. The number of anilines is 1. The Labute approximate surface area is 171 Å². The maximum atomic E-state index is 12.7. The number of amides is 1. The van der Waals surface area contributed by atoms with Crippen molar-refractivity contribution < 1.29 is 4.79 Å². The quantitative estimate of drug-likeness (QED) is 0.555. The van der Waals surface area contributed by atoms with Gasteiger partial charge >= 0.3 is 0 Å². The maximum absolute atomic E-state index is 12.7. The zero-order chi connectivity index (χ0) is 19.5. The molecule has 0 spiro atoms. The number of nitrogens with zero attached hydrogens (tertiary/aromatic N) is 1. The van der Waals surface area contributed by atoms with E-state index in [4.69, 9.17) is 11.6 Å². The van der Waals surface area contributed by atoms with Crippen molar-refractivity contribution in [2.45, 2.75) is 38.5 Å². The number of pyridine rings is 1. The van der Waals surface area contributed by atoms with Gasteiger partial charge in [-0.1, -0.05) is 36.7 Å². The molecule has 0 bridgehead atoms. The maximum Gasteiger partial charge on any atom is 0.227 e. The fourth-order valence-corrected chi connectivity index (χ4v) is 4.53. The van der Waals surface area contributed by atoms with E-state index in [0.29, 0.717) is 16.9 Å². The fraction of sp³-hybridized carbons (Fsp3) is 0.333. The summed E-state index contributed by atoms with van der Waals surface area (Å²) in [6.07, 6.45) is 6.33. The normalized spacial score (nSPS) is 20.6. The third kappa shape index (κ3) is 4.05. The number of para-hydroxylation sites is 1. The van der Waals surface area contributed by atoms with Crippen LogP contribution in [0.4, 0.5) is 5.69 Å². The minimum Gasteiger partial charge on any atom is -0.326 e. The van der Waals surface area contributed by atoms with Crippen LogP contribution in [0.2, 0.25) is 5.02 Å². The minimum absolute atomic E-state index is 0.00538. The molecule has 1 saturated carbocycles. The van der Waals surface area contributed by atoms with E-state index in [0.717, 1.165) is 36.9 Å². The van der Waals surface area contributed by atoms with Gasteiger partial charge in [-0.05, 0) is 79.5 Å². The van der Waals surface area contributed by atoms with Crippen molar-refractivity contribution in [3.63, 3.8) is 0 Å². The van der Waals surface area contributed by atoms with Crippen LogP contribution in [0.25, 0.3) is 10.9 Å². The van der Waals surface area contributed by atoms with E-state index in [-0.39, 0.29) is 11.8 Å². The van der Waals surface area contributed by atoms with Crippen molar-refractivity contribution in [2.24, 2.45) is 11.8 Å². The van der Waals surface area contributed by atoms with Gasteiger partial charge in [0.05, 0.1) is 5.52 Å². The van der Waals surface area contributed by atoms with Gasteiger partial charge in [-0.2, -0.15) is 0 Å².